The van der Waals surface area contributed by atoms with Gasteiger partial charge in [0.25, 0.3) is 0 Å². The average molecular weight is 655 g/mol. The number of nitrogens with zero attached hydrogens (tertiary/aromatic N) is 6. The molecular weight excluding hydrogens is 605 g/mol. The summed E-state index contributed by atoms with van der Waals surface area (Å²) in [6.45, 7) is 19.3. The van der Waals surface area contributed by atoms with Gasteiger partial charge in [-0.15, -0.1) is 31.7 Å². The van der Waals surface area contributed by atoms with Crippen LogP contribution in [0.5, 0.6) is 0 Å². The Balaban J connectivity index is 0.000000478. The lowest BCUT2D eigenvalue weighted by Gasteiger charge is -2.25. The van der Waals surface area contributed by atoms with Gasteiger partial charge in [0.05, 0.1) is 12.7 Å². The Morgan fingerprint density at radius 3 is 2.48 bits per heavy atom. The van der Waals surface area contributed by atoms with Gasteiger partial charge in [0.1, 0.15) is 17.2 Å². The molecule has 240 valence electrons. The average Bonchev–Trinajstić information content (AvgIpc) is 3.81. The van der Waals surface area contributed by atoms with Crippen LogP contribution in [0.1, 0.15) is 83.6 Å². The molecule has 4 aromatic rings. The third kappa shape index (κ3) is 10.5. The summed E-state index contributed by atoms with van der Waals surface area (Å²) < 4.78 is 10.1. The Morgan fingerprint density at radius 1 is 1.14 bits per heavy atom. The van der Waals surface area contributed by atoms with Crippen molar-refractivity contribution in [1.29, 1.82) is 0 Å². The normalized spacial score (nSPS) is 14.2. The highest BCUT2D eigenvalue weighted by Crippen LogP contribution is 2.35. The number of aryl methyl sites for hydroxylation is 1. The van der Waals surface area contributed by atoms with Crippen LogP contribution in [0.2, 0.25) is 0 Å². The summed E-state index contributed by atoms with van der Waals surface area (Å²) in [6, 6.07) is 12.4. The van der Waals surface area contributed by atoms with Crippen LogP contribution < -0.4 is 0 Å². The Morgan fingerprint density at radius 2 is 1.86 bits per heavy atom. The second-order valence-corrected chi connectivity index (χ2v) is 12.2. The van der Waals surface area contributed by atoms with Gasteiger partial charge in [0.2, 0.25) is 5.95 Å². The van der Waals surface area contributed by atoms with Gasteiger partial charge in [-0.3, -0.25) is 4.57 Å². The quantitative estimate of drug-likeness (QED) is 0.110. The predicted molar refractivity (Wildman–Crippen MR) is 192 cm³/mol. The first kappa shape index (κ1) is 37.5. The molecule has 1 atom stereocenters. The lowest BCUT2D eigenvalue weighted by atomic mass is 9.97. The van der Waals surface area contributed by atoms with E-state index in [1.54, 1.807) is 29.4 Å². The van der Waals surface area contributed by atoms with Crippen LogP contribution in [0.4, 0.5) is 0 Å². The summed E-state index contributed by atoms with van der Waals surface area (Å²) in [4.78, 5) is 1.29. The third-order valence-electron chi connectivity index (χ3n) is 6.57. The largest absolute Gasteiger partial charge is 0.372 e. The standard InChI is InChI=1S/C23H30N6OS2.C7H8S.2C2H6/c1-6-8-9-17(7-2)13-31-23-27-24-14-28(23)22-26-25-16(5)29(22)21-11-18-10-19(15(3)4)30-12-20(18)32-21;8-6-7-4-2-1-3-5-7;2*1-2/h7-9,11,14-15,19H,6,10,12-13H2,1-5H3;1-5,8H,6H2;2*1-2H3/b9-8-,17-7+;;;. The van der Waals surface area contributed by atoms with Gasteiger partial charge in [-0.2, -0.15) is 12.6 Å². The number of thiol groups is 1. The van der Waals surface area contributed by atoms with Gasteiger partial charge in [0, 0.05) is 22.8 Å². The molecule has 0 bridgehead atoms. The molecule has 10 heteroatoms. The molecular formula is C34H50N6OS3. The van der Waals surface area contributed by atoms with E-state index in [4.69, 9.17) is 4.74 Å². The molecule has 1 aliphatic heterocycles. The van der Waals surface area contributed by atoms with Crippen molar-refractivity contribution in [2.45, 2.75) is 98.8 Å². The lowest BCUT2D eigenvalue weighted by molar-refractivity contribution is 0.00167. The maximum Gasteiger partial charge on any atom is 0.244 e. The zero-order valence-corrected chi connectivity index (χ0v) is 30.3. The molecule has 0 saturated carbocycles. The van der Waals surface area contributed by atoms with E-state index in [1.807, 2.05) is 57.4 Å². The fraction of sp³-hybridized carbons (Fsp3) is 0.471. The third-order valence-corrected chi connectivity index (χ3v) is 9.08. The van der Waals surface area contributed by atoms with Crippen LogP contribution in [0.15, 0.2) is 71.7 Å². The molecule has 1 aromatic carbocycles. The number of allylic oxidation sites excluding steroid dienone is 3. The highest BCUT2D eigenvalue weighted by Gasteiger charge is 2.26. The van der Waals surface area contributed by atoms with Crippen LogP contribution >= 0.6 is 35.7 Å². The molecule has 0 aliphatic carbocycles. The van der Waals surface area contributed by atoms with Crippen molar-refractivity contribution in [3.63, 3.8) is 0 Å². The second kappa shape index (κ2) is 20.4. The zero-order chi connectivity index (χ0) is 32.5. The fourth-order valence-corrected chi connectivity index (χ4v) is 6.50. The van der Waals surface area contributed by atoms with E-state index in [2.05, 4.69) is 102 Å². The molecule has 1 unspecified atom stereocenters. The first-order chi connectivity index (χ1) is 21.4. The maximum absolute atomic E-state index is 6.07. The summed E-state index contributed by atoms with van der Waals surface area (Å²) in [5.74, 6) is 3.70. The highest BCUT2D eigenvalue weighted by atomic mass is 32.2. The van der Waals surface area contributed by atoms with Crippen molar-refractivity contribution in [2.24, 2.45) is 5.92 Å². The number of rotatable bonds is 9. The van der Waals surface area contributed by atoms with Gasteiger partial charge in [-0.1, -0.05) is 109 Å². The molecule has 1 aliphatic rings. The summed E-state index contributed by atoms with van der Waals surface area (Å²) in [5, 5.41) is 19.2. The van der Waals surface area contributed by atoms with E-state index in [1.165, 1.54) is 21.6 Å². The van der Waals surface area contributed by atoms with Gasteiger partial charge >= 0.3 is 0 Å². The highest BCUT2D eigenvalue weighted by molar-refractivity contribution is 7.99. The lowest BCUT2D eigenvalue weighted by Crippen LogP contribution is -2.26. The smallest absolute Gasteiger partial charge is 0.244 e. The number of thiophene rings is 1. The Hall–Kier alpha value is -2.66. The monoisotopic (exact) mass is 654 g/mol. The van der Waals surface area contributed by atoms with Crippen molar-refractivity contribution in [3.05, 3.63) is 88.4 Å². The molecule has 4 heterocycles. The summed E-state index contributed by atoms with van der Waals surface area (Å²) in [5.41, 5.74) is 3.90. The van der Waals surface area contributed by atoms with Crippen LogP contribution in [0.3, 0.4) is 0 Å². The number of hydrogen-bond donors (Lipinski definition) is 1. The summed E-state index contributed by atoms with van der Waals surface area (Å²) in [7, 11) is 0. The number of benzene rings is 1. The van der Waals surface area contributed by atoms with Gasteiger partial charge < -0.3 is 4.74 Å². The maximum atomic E-state index is 6.07. The molecule has 44 heavy (non-hydrogen) atoms. The number of thioether (sulfide) groups is 1. The predicted octanol–water partition coefficient (Wildman–Crippen LogP) is 9.49. The van der Waals surface area contributed by atoms with Crippen molar-refractivity contribution in [1.82, 2.24) is 29.5 Å². The van der Waals surface area contributed by atoms with E-state index in [0.717, 1.165) is 40.3 Å². The first-order valence-corrected chi connectivity index (χ1v) is 18.0. The summed E-state index contributed by atoms with van der Waals surface area (Å²) in [6.07, 6.45) is 10.4. The Labute approximate surface area is 278 Å². The number of hydrogen-bond acceptors (Lipinski definition) is 8. The fourth-order valence-electron chi connectivity index (χ4n) is 4.20. The van der Waals surface area contributed by atoms with Crippen molar-refractivity contribution >= 4 is 35.7 Å². The number of ether oxygens (including phenoxy) is 1. The minimum atomic E-state index is 0.273. The molecule has 5 rings (SSSR count). The van der Waals surface area contributed by atoms with Crippen LogP contribution in [-0.2, 0) is 23.5 Å². The van der Waals surface area contributed by atoms with Crippen molar-refractivity contribution in [3.8, 4) is 10.9 Å². The summed E-state index contributed by atoms with van der Waals surface area (Å²) >= 11 is 7.51. The van der Waals surface area contributed by atoms with Crippen LogP contribution in [0, 0.1) is 12.8 Å². The molecule has 0 spiro atoms. The number of aromatic nitrogens is 6. The van der Waals surface area contributed by atoms with E-state index in [9.17, 15) is 0 Å². The van der Waals surface area contributed by atoms with Crippen LogP contribution in [-0.4, -0.2) is 41.4 Å². The van der Waals surface area contributed by atoms with Crippen LogP contribution in [0.25, 0.3) is 10.9 Å². The van der Waals surface area contributed by atoms with Gasteiger partial charge in [0.15, 0.2) is 5.16 Å². The second-order valence-electron chi connectivity index (χ2n) is 9.80. The minimum absolute atomic E-state index is 0.273. The Bertz CT molecular complexity index is 1420. The number of fused-ring (bicyclic) bond motifs is 1. The molecule has 0 fully saturated rings. The first-order valence-electron chi connectivity index (χ1n) is 15.6. The molecule has 7 nitrogen and oxygen atoms in total. The topological polar surface area (TPSA) is 70.7 Å². The molecule has 0 saturated heterocycles. The minimum Gasteiger partial charge on any atom is -0.372 e. The Kier molecular flexibility index (Phi) is 17.4. The van der Waals surface area contributed by atoms with Crippen molar-refractivity contribution in [2.75, 3.05) is 5.75 Å². The molecule has 0 N–H and O–H groups in total. The van der Waals surface area contributed by atoms with Gasteiger partial charge in [-0.05, 0) is 49.0 Å². The van der Waals surface area contributed by atoms with Crippen molar-refractivity contribution < 1.29 is 4.74 Å². The molecule has 3 aromatic heterocycles. The SMILES string of the molecule is C/C=C(\C=C/CC)CSc1nncn1-c1nnc(C)n1-c1cc2c(s1)COC(C(C)C)C2.CC.CC.SCc1ccccc1. The molecule has 0 amide bonds. The zero-order valence-electron chi connectivity index (χ0n) is 27.8. The van der Waals surface area contributed by atoms with Gasteiger partial charge in [-0.25, -0.2) is 4.57 Å². The van der Waals surface area contributed by atoms with E-state index in [0.29, 0.717) is 18.5 Å². The van der Waals surface area contributed by atoms with E-state index < -0.39 is 0 Å². The molecule has 0 radical (unpaired) electrons. The van der Waals surface area contributed by atoms with E-state index in [-0.39, 0.29) is 6.10 Å². The van der Waals surface area contributed by atoms with E-state index >= 15 is 0 Å².